The molecule has 0 saturated carbocycles. The van der Waals surface area contributed by atoms with Crippen molar-refractivity contribution in [1.82, 2.24) is 0 Å². The van der Waals surface area contributed by atoms with Gasteiger partial charge in [-0.1, -0.05) is 41.9 Å². The molecule has 1 heterocycles. The van der Waals surface area contributed by atoms with E-state index in [9.17, 15) is 34.4 Å². The lowest BCUT2D eigenvalue weighted by Crippen LogP contribution is -2.44. The van der Waals surface area contributed by atoms with Crippen molar-refractivity contribution in [2.75, 3.05) is 17.1 Å². The molecule has 0 spiro atoms. The zero-order chi connectivity index (χ0) is 28.8. The van der Waals surface area contributed by atoms with Crippen LogP contribution in [0, 0.1) is 5.82 Å². The number of hydrogen-bond acceptors (Lipinski definition) is 5. The molecule has 0 fully saturated rings. The molecule has 13 heteroatoms. The molecule has 3 aromatic rings. The average Bonchev–Trinajstić information content (AvgIpc) is 2.82. The van der Waals surface area contributed by atoms with Gasteiger partial charge in [-0.2, -0.15) is 21.6 Å². The maximum absolute atomic E-state index is 14.4. The quantitative estimate of drug-likeness (QED) is 0.192. The lowest BCUT2D eigenvalue weighted by molar-refractivity contribution is -0.137. The number of nitrogens with zero attached hydrogens (tertiary/aromatic N) is 1. The summed E-state index contributed by atoms with van der Waals surface area (Å²) in [6.07, 6.45) is -3.47. The summed E-state index contributed by atoms with van der Waals surface area (Å²) in [5.74, 6) is -0.552. The third-order valence-electron chi connectivity index (χ3n) is 6.00. The third kappa shape index (κ3) is 6.46. The molecule has 4 rings (SSSR count). The van der Waals surface area contributed by atoms with Crippen molar-refractivity contribution in [2.45, 2.75) is 30.5 Å². The molecule has 0 aromatic heterocycles. The van der Waals surface area contributed by atoms with Crippen LogP contribution < -0.4 is 4.31 Å². The number of anilines is 1. The summed E-state index contributed by atoms with van der Waals surface area (Å²) < 4.78 is 111. The number of rotatable bonds is 6. The zero-order valence-corrected chi connectivity index (χ0v) is 22.9. The highest BCUT2D eigenvalue weighted by molar-refractivity contribution is 7.92. The molecule has 1 aliphatic rings. The van der Waals surface area contributed by atoms with Crippen LogP contribution in [0.25, 0.3) is 11.6 Å². The predicted molar refractivity (Wildman–Crippen MR) is 141 cm³/mol. The normalized spacial score (nSPS) is 16.7. The first-order chi connectivity index (χ1) is 18.1. The lowest BCUT2D eigenvalue weighted by atomic mass is 9.97. The van der Waals surface area contributed by atoms with Gasteiger partial charge in [-0.25, -0.2) is 12.8 Å². The number of alkyl halides is 3. The van der Waals surface area contributed by atoms with E-state index in [1.807, 2.05) is 0 Å². The highest BCUT2D eigenvalue weighted by atomic mass is 35.5. The molecule has 1 unspecified atom stereocenters. The Labute approximate surface area is 228 Å². The van der Waals surface area contributed by atoms with E-state index in [1.165, 1.54) is 24.3 Å². The standard InChI is InChI=1S/C26H22ClF4NO5S2/c1-16(25-22(27)7-4-8-23(25)28)11-17-9-10-18-13-20(37-38(2,33)34)15-32(24(18)12-17)39(35,36)21-6-3-5-19(14-21)26(29,30)31/h3-12,14,20H,13,15H2,1-2H3/b16-11+. The molecule has 1 atom stereocenters. The molecule has 0 N–H and O–H groups in total. The van der Waals surface area contributed by atoms with Crippen molar-refractivity contribution in [3.8, 4) is 0 Å². The van der Waals surface area contributed by atoms with E-state index >= 15 is 0 Å². The Morgan fingerprint density at radius 2 is 1.74 bits per heavy atom. The van der Waals surface area contributed by atoms with Crippen molar-refractivity contribution in [1.29, 1.82) is 0 Å². The van der Waals surface area contributed by atoms with Crippen LogP contribution in [-0.2, 0) is 36.9 Å². The largest absolute Gasteiger partial charge is 0.416 e. The summed E-state index contributed by atoms with van der Waals surface area (Å²) in [6, 6.07) is 12.2. The Balaban J connectivity index is 1.83. The van der Waals surface area contributed by atoms with Crippen LogP contribution in [0.5, 0.6) is 0 Å². The van der Waals surface area contributed by atoms with Crippen LogP contribution in [0.1, 0.15) is 29.2 Å². The fraction of sp³-hybridized carbons (Fsp3) is 0.231. The number of allylic oxidation sites excluding steroid dienone is 1. The SMILES string of the molecule is C/C(=C\c1ccc2c(c1)N(S(=O)(=O)c1cccc(C(F)(F)F)c1)CC(OS(C)(=O)=O)C2)c1c(F)cccc1Cl. The van der Waals surface area contributed by atoms with Gasteiger partial charge in [0, 0.05) is 12.0 Å². The van der Waals surface area contributed by atoms with E-state index in [4.69, 9.17) is 15.8 Å². The number of benzene rings is 3. The second-order valence-corrected chi connectivity index (χ2v) is 12.9. The first-order valence-corrected chi connectivity index (χ1v) is 15.0. The maximum atomic E-state index is 14.4. The van der Waals surface area contributed by atoms with E-state index in [0.717, 1.165) is 28.8 Å². The average molecular weight is 604 g/mol. The lowest BCUT2D eigenvalue weighted by Gasteiger charge is -2.35. The van der Waals surface area contributed by atoms with Crippen molar-refractivity contribution < 1.29 is 38.6 Å². The van der Waals surface area contributed by atoms with Gasteiger partial charge in [-0.05, 0) is 60.0 Å². The minimum absolute atomic E-state index is 0.0269. The van der Waals surface area contributed by atoms with Crippen molar-refractivity contribution in [3.63, 3.8) is 0 Å². The Hall–Kier alpha value is -2.93. The third-order valence-corrected chi connectivity index (χ3v) is 8.71. The Morgan fingerprint density at radius 3 is 2.38 bits per heavy atom. The molecule has 3 aromatic carbocycles. The van der Waals surface area contributed by atoms with Gasteiger partial charge in [0.15, 0.2) is 0 Å². The predicted octanol–water partition coefficient (Wildman–Crippen LogP) is 6.15. The van der Waals surface area contributed by atoms with E-state index in [-0.39, 0.29) is 22.7 Å². The molecule has 0 aliphatic carbocycles. The molecule has 208 valence electrons. The minimum atomic E-state index is -4.78. The topological polar surface area (TPSA) is 80.8 Å². The first kappa shape index (κ1) is 29.1. The van der Waals surface area contributed by atoms with Crippen LogP contribution >= 0.6 is 11.6 Å². The van der Waals surface area contributed by atoms with Gasteiger partial charge in [0.1, 0.15) is 5.82 Å². The number of fused-ring (bicyclic) bond motifs is 1. The smallest absolute Gasteiger partial charge is 0.265 e. The van der Waals surface area contributed by atoms with Gasteiger partial charge < -0.3 is 0 Å². The first-order valence-electron chi connectivity index (χ1n) is 11.4. The van der Waals surface area contributed by atoms with Gasteiger partial charge in [0.25, 0.3) is 20.1 Å². The van der Waals surface area contributed by atoms with Gasteiger partial charge in [-0.15, -0.1) is 0 Å². The second-order valence-electron chi connectivity index (χ2n) is 9.00. The van der Waals surface area contributed by atoms with E-state index in [1.54, 1.807) is 25.1 Å². The summed E-state index contributed by atoms with van der Waals surface area (Å²) in [5, 5.41) is 0.177. The van der Waals surface area contributed by atoms with Crippen LogP contribution in [0.2, 0.25) is 5.02 Å². The van der Waals surface area contributed by atoms with Gasteiger partial charge in [0.05, 0.1) is 40.1 Å². The monoisotopic (exact) mass is 603 g/mol. The van der Waals surface area contributed by atoms with Crippen molar-refractivity contribution in [2.24, 2.45) is 0 Å². The van der Waals surface area contributed by atoms with Gasteiger partial charge in [0.2, 0.25) is 0 Å². The Morgan fingerprint density at radius 1 is 1.05 bits per heavy atom. The van der Waals surface area contributed by atoms with E-state index < -0.39 is 55.2 Å². The molecule has 0 amide bonds. The fourth-order valence-corrected chi connectivity index (χ4v) is 6.87. The highest BCUT2D eigenvalue weighted by Gasteiger charge is 2.37. The summed E-state index contributed by atoms with van der Waals surface area (Å²) in [5.41, 5.74) is 0.425. The second kappa shape index (κ2) is 10.6. The summed E-state index contributed by atoms with van der Waals surface area (Å²) in [6.45, 7) is 1.15. The minimum Gasteiger partial charge on any atom is -0.265 e. The number of sulfonamides is 1. The van der Waals surface area contributed by atoms with Gasteiger partial charge in [-0.3, -0.25) is 8.49 Å². The molecule has 6 nitrogen and oxygen atoms in total. The molecule has 0 radical (unpaired) electrons. The maximum Gasteiger partial charge on any atom is 0.416 e. The summed E-state index contributed by atoms with van der Waals surface area (Å²) in [7, 11) is -8.58. The van der Waals surface area contributed by atoms with Crippen LogP contribution in [0.4, 0.5) is 23.2 Å². The molecule has 0 bridgehead atoms. The number of halogens is 5. The summed E-state index contributed by atoms with van der Waals surface area (Å²) >= 11 is 6.16. The molecule has 39 heavy (non-hydrogen) atoms. The molecule has 0 saturated heterocycles. The number of hydrogen-bond donors (Lipinski definition) is 0. The van der Waals surface area contributed by atoms with Crippen LogP contribution in [-0.4, -0.2) is 35.7 Å². The van der Waals surface area contributed by atoms with Crippen LogP contribution in [0.3, 0.4) is 0 Å². The Kier molecular flexibility index (Phi) is 7.87. The Bertz CT molecular complexity index is 1650. The van der Waals surface area contributed by atoms with Gasteiger partial charge >= 0.3 is 6.18 Å². The van der Waals surface area contributed by atoms with E-state index in [0.29, 0.717) is 22.8 Å². The fourth-order valence-electron chi connectivity index (χ4n) is 4.36. The highest BCUT2D eigenvalue weighted by Crippen LogP contribution is 2.37. The summed E-state index contributed by atoms with van der Waals surface area (Å²) in [4.78, 5) is -0.626. The zero-order valence-electron chi connectivity index (χ0n) is 20.5. The molecule has 1 aliphatic heterocycles. The van der Waals surface area contributed by atoms with Crippen LogP contribution in [0.15, 0.2) is 65.6 Å². The molecular weight excluding hydrogens is 582 g/mol. The van der Waals surface area contributed by atoms with Crippen molar-refractivity contribution >= 4 is 49.1 Å². The van der Waals surface area contributed by atoms with E-state index in [2.05, 4.69) is 0 Å². The van der Waals surface area contributed by atoms with Crippen molar-refractivity contribution in [3.05, 3.63) is 93.8 Å². The molecular formula is C26H22ClF4NO5S2.